The van der Waals surface area contributed by atoms with Crippen LogP contribution >= 0.6 is 0 Å². The van der Waals surface area contributed by atoms with Gasteiger partial charge < -0.3 is 10.8 Å². The molecular weight excluding hydrogens is 212 g/mol. The molecule has 0 radical (unpaired) electrons. The van der Waals surface area contributed by atoms with Gasteiger partial charge in [-0.05, 0) is 18.9 Å². The Balaban J connectivity index is 2.29. The van der Waals surface area contributed by atoms with Crippen molar-refractivity contribution < 1.29 is 13.9 Å². The van der Waals surface area contributed by atoms with Gasteiger partial charge in [-0.1, -0.05) is 12.5 Å². The van der Waals surface area contributed by atoms with Crippen molar-refractivity contribution in [1.82, 2.24) is 0 Å². The van der Waals surface area contributed by atoms with Gasteiger partial charge in [0.2, 0.25) is 0 Å². The van der Waals surface area contributed by atoms with E-state index < -0.39 is 23.2 Å². The molecule has 1 saturated carbocycles. The van der Waals surface area contributed by atoms with Gasteiger partial charge in [0.15, 0.2) is 0 Å². The highest BCUT2D eigenvalue weighted by Gasteiger charge is 2.43. The molecule has 1 aliphatic rings. The largest absolute Gasteiger partial charge is 0.388 e. The fraction of sp³-hybridized carbons (Fsp3) is 0.500. The minimum atomic E-state index is -0.938. The molecule has 0 amide bonds. The van der Waals surface area contributed by atoms with E-state index in [0.717, 1.165) is 31.4 Å². The number of aliphatic hydroxyl groups excluding tert-OH is 1. The zero-order valence-electron chi connectivity index (χ0n) is 8.92. The summed E-state index contributed by atoms with van der Waals surface area (Å²) in [7, 11) is 0. The average molecular weight is 227 g/mol. The van der Waals surface area contributed by atoms with Crippen molar-refractivity contribution in [1.29, 1.82) is 0 Å². The van der Waals surface area contributed by atoms with E-state index in [2.05, 4.69) is 0 Å². The zero-order valence-corrected chi connectivity index (χ0v) is 8.92. The number of aliphatic hydroxyl groups is 1. The SMILES string of the molecule is NCC1(C(O)c2ccc(F)cc2F)CCC1. The van der Waals surface area contributed by atoms with Gasteiger partial charge in [-0.15, -0.1) is 0 Å². The van der Waals surface area contributed by atoms with Gasteiger partial charge in [0.25, 0.3) is 0 Å². The van der Waals surface area contributed by atoms with E-state index in [1.807, 2.05) is 0 Å². The lowest BCUT2D eigenvalue weighted by Crippen LogP contribution is -2.42. The molecule has 0 aliphatic heterocycles. The van der Waals surface area contributed by atoms with Crippen LogP contribution in [0.25, 0.3) is 0 Å². The normalized spacial score (nSPS) is 20.2. The van der Waals surface area contributed by atoms with Crippen LogP contribution in [0.3, 0.4) is 0 Å². The molecule has 16 heavy (non-hydrogen) atoms. The van der Waals surface area contributed by atoms with E-state index in [9.17, 15) is 13.9 Å². The maximum atomic E-state index is 13.5. The lowest BCUT2D eigenvalue weighted by molar-refractivity contribution is -0.0316. The molecule has 0 bridgehead atoms. The summed E-state index contributed by atoms with van der Waals surface area (Å²) in [6.07, 6.45) is 1.65. The molecule has 0 saturated heterocycles. The van der Waals surface area contributed by atoms with Crippen molar-refractivity contribution in [2.75, 3.05) is 6.54 Å². The highest BCUT2D eigenvalue weighted by atomic mass is 19.1. The lowest BCUT2D eigenvalue weighted by atomic mass is 9.63. The maximum absolute atomic E-state index is 13.5. The summed E-state index contributed by atoms with van der Waals surface area (Å²) in [6.45, 7) is 0.324. The third kappa shape index (κ3) is 1.72. The standard InChI is InChI=1S/C12H15F2NO/c13-8-2-3-9(10(14)6-8)11(16)12(7-15)4-1-5-12/h2-3,6,11,16H,1,4-5,7,15H2. The topological polar surface area (TPSA) is 46.2 Å². The highest BCUT2D eigenvalue weighted by molar-refractivity contribution is 5.23. The molecule has 1 atom stereocenters. The van der Waals surface area contributed by atoms with Gasteiger partial charge >= 0.3 is 0 Å². The monoisotopic (exact) mass is 227 g/mol. The molecule has 2 nitrogen and oxygen atoms in total. The molecule has 0 aromatic heterocycles. The summed E-state index contributed by atoms with van der Waals surface area (Å²) in [6, 6.07) is 3.25. The molecule has 0 spiro atoms. The fourth-order valence-corrected chi connectivity index (χ4v) is 2.27. The molecule has 3 N–H and O–H groups in total. The van der Waals surface area contributed by atoms with Crippen molar-refractivity contribution in [2.24, 2.45) is 11.1 Å². The third-order valence-electron chi connectivity index (χ3n) is 3.59. The van der Waals surface area contributed by atoms with Gasteiger partial charge in [0, 0.05) is 23.6 Å². The Morgan fingerprint density at radius 2 is 2.06 bits per heavy atom. The molecule has 88 valence electrons. The van der Waals surface area contributed by atoms with Crippen molar-refractivity contribution in [3.8, 4) is 0 Å². The second kappa shape index (κ2) is 4.11. The summed E-state index contributed by atoms with van der Waals surface area (Å²) in [4.78, 5) is 0. The number of hydrogen-bond acceptors (Lipinski definition) is 2. The second-order valence-corrected chi connectivity index (χ2v) is 4.49. The fourth-order valence-electron chi connectivity index (χ4n) is 2.27. The summed E-state index contributed by atoms with van der Waals surface area (Å²) in [5, 5.41) is 10.1. The predicted octanol–water partition coefficient (Wildman–Crippen LogP) is 2.13. The van der Waals surface area contributed by atoms with Crippen molar-refractivity contribution in [2.45, 2.75) is 25.4 Å². The third-order valence-corrected chi connectivity index (χ3v) is 3.59. The van der Waals surface area contributed by atoms with Crippen LogP contribution in [-0.2, 0) is 0 Å². The van der Waals surface area contributed by atoms with Crippen LogP contribution in [0.5, 0.6) is 0 Å². The van der Waals surface area contributed by atoms with E-state index in [1.165, 1.54) is 6.07 Å². The van der Waals surface area contributed by atoms with Gasteiger partial charge in [0.05, 0.1) is 6.10 Å². The van der Waals surface area contributed by atoms with Crippen LogP contribution in [0.1, 0.15) is 30.9 Å². The number of nitrogens with two attached hydrogens (primary N) is 1. The van der Waals surface area contributed by atoms with Crippen LogP contribution in [0.2, 0.25) is 0 Å². The minimum absolute atomic E-state index is 0.145. The minimum Gasteiger partial charge on any atom is -0.388 e. The average Bonchev–Trinajstić information content (AvgIpc) is 2.16. The van der Waals surface area contributed by atoms with E-state index >= 15 is 0 Å². The van der Waals surface area contributed by atoms with Crippen molar-refractivity contribution in [3.05, 3.63) is 35.4 Å². The van der Waals surface area contributed by atoms with E-state index in [0.29, 0.717) is 6.54 Å². The predicted molar refractivity (Wildman–Crippen MR) is 56.7 cm³/mol. The smallest absolute Gasteiger partial charge is 0.131 e. The number of halogens is 2. The highest BCUT2D eigenvalue weighted by Crippen LogP contribution is 2.49. The van der Waals surface area contributed by atoms with Crippen LogP contribution in [0, 0.1) is 17.0 Å². The molecule has 1 fully saturated rings. The molecule has 0 heterocycles. The van der Waals surface area contributed by atoms with E-state index in [-0.39, 0.29) is 5.56 Å². The first-order chi connectivity index (χ1) is 7.59. The van der Waals surface area contributed by atoms with Gasteiger partial charge in [0.1, 0.15) is 11.6 Å². The zero-order chi connectivity index (χ0) is 11.8. The van der Waals surface area contributed by atoms with E-state index in [1.54, 1.807) is 0 Å². The van der Waals surface area contributed by atoms with Crippen LogP contribution in [0.15, 0.2) is 18.2 Å². The van der Waals surface area contributed by atoms with Gasteiger partial charge in [-0.25, -0.2) is 8.78 Å². The Morgan fingerprint density at radius 1 is 1.38 bits per heavy atom. The molecule has 1 aromatic carbocycles. The Labute approximate surface area is 93.1 Å². The summed E-state index contributed by atoms with van der Waals surface area (Å²) < 4.78 is 26.2. The second-order valence-electron chi connectivity index (χ2n) is 4.49. The molecule has 1 unspecified atom stereocenters. The molecule has 4 heteroatoms. The molecule has 2 rings (SSSR count). The first kappa shape index (κ1) is 11.5. The summed E-state index contributed by atoms with van der Waals surface area (Å²) >= 11 is 0. The Morgan fingerprint density at radius 3 is 2.50 bits per heavy atom. The molecular formula is C12H15F2NO. The van der Waals surface area contributed by atoms with Crippen molar-refractivity contribution >= 4 is 0 Å². The maximum Gasteiger partial charge on any atom is 0.131 e. The Kier molecular flexibility index (Phi) is 2.95. The molecule has 1 aromatic rings. The van der Waals surface area contributed by atoms with Gasteiger partial charge in [-0.2, -0.15) is 0 Å². The number of benzene rings is 1. The van der Waals surface area contributed by atoms with Crippen LogP contribution < -0.4 is 5.73 Å². The van der Waals surface area contributed by atoms with Gasteiger partial charge in [-0.3, -0.25) is 0 Å². The van der Waals surface area contributed by atoms with Crippen LogP contribution in [-0.4, -0.2) is 11.7 Å². The quantitative estimate of drug-likeness (QED) is 0.830. The Hall–Kier alpha value is -1.00. The number of rotatable bonds is 3. The lowest BCUT2D eigenvalue weighted by Gasteiger charge is -2.44. The summed E-state index contributed by atoms with van der Waals surface area (Å²) in [5.74, 6) is -1.34. The van der Waals surface area contributed by atoms with Crippen molar-refractivity contribution in [3.63, 3.8) is 0 Å². The number of hydrogen-bond donors (Lipinski definition) is 2. The Bertz CT molecular complexity index is 385. The first-order valence-electron chi connectivity index (χ1n) is 5.42. The summed E-state index contributed by atoms with van der Waals surface area (Å²) in [5.41, 5.74) is 5.36. The molecule has 1 aliphatic carbocycles. The first-order valence-corrected chi connectivity index (χ1v) is 5.42. The van der Waals surface area contributed by atoms with E-state index in [4.69, 9.17) is 5.73 Å². The van der Waals surface area contributed by atoms with Crippen LogP contribution in [0.4, 0.5) is 8.78 Å².